The summed E-state index contributed by atoms with van der Waals surface area (Å²) < 4.78 is 0. The summed E-state index contributed by atoms with van der Waals surface area (Å²) in [5, 5.41) is 0.833. The standard InChI is InChI=1S/C7H12ClN/c1-3-7(8)5-4-6(2)9/h4-5H,3,9H2,1-2H3/b6-4+,7-5+. The van der Waals surface area contributed by atoms with Crippen LogP contribution in [-0.2, 0) is 0 Å². The minimum absolute atomic E-state index is 0.779. The molecule has 0 saturated heterocycles. The summed E-state index contributed by atoms with van der Waals surface area (Å²) in [5.74, 6) is 0. The molecule has 1 nitrogen and oxygen atoms in total. The van der Waals surface area contributed by atoms with Crippen LogP contribution in [0.4, 0.5) is 0 Å². The van der Waals surface area contributed by atoms with E-state index < -0.39 is 0 Å². The van der Waals surface area contributed by atoms with Crippen LogP contribution >= 0.6 is 11.6 Å². The summed E-state index contributed by atoms with van der Waals surface area (Å²) in [6.45, 7) is 3.83. The first-order chi connectivity index (χ1) is 4.16. The third kappa shape index (κ3) is 5.44. The molecule has 0 radical (unpaired) electrons. The van der Waals surface area contributed by atoms with E-state index in [-0.39, 0.29) is 0 Å². The maximum Gasteiger partial charge on any atom is 0.0178 e. The number of rotatable bonds is 2. The summed E-state index contributed by atoms with van der Waals surface area (Å²) in [6.07, 6.45) is 4.48. The van der Waals surface area contributed by atoms with Gasteiger partial charge in [-0.2, -0.15) is 0 Å². The Morgan fingerprint density at radius 1 is 1.56 bits per heavy atom. The molecule has 0 aliphatic rings. The molecule has 0 aromatic heterocycles. The van der Waals surface area contributed by atoms with Crippen molar-refractivity contribution in [1.29, 1.82) is 0 Å². The topological polar surface area (TPSA) is 26.0 Å². The van der Waals surface area contributed by atoms with Crippen LogP contribution in [0.15, 0.2) is 22.9 Å². The molecule has 2 heteroatoms. The minimum atomic E-state index is 0.779. The van der Waals surface area contributed by atoms with Gasteiger partial charge in [-0.05, 0) is 25.5 Å². The molecule has 0 aromatic rings. The number of nitrogens with two attached hydrogens (primary N) is 1. The maximum absolute atomic E-state index is 5.67. The van der Waals surface area contributed by atoms with Crippen LogP contribution in [0.25, 0.3) is 0 Å². The van der Waals surface area contributed by atoms with Crippen molar-refractivity contribution >= 4 is 11.6 Å². The molecule has 0 aliphatic carbocycles. The highest BCUT2D eigenvalue weighted by Crippen LogP contribution is 2.05. The van der Waals surface area contributed by atoms with Crippen LogP contribution in [0.1, 0.15) is 20.3 Å². The van der Waals surface area contributed by atoms with Gasteiger partial charge in [0.15, 0.2) is 0 Å². The van der Waals surface area contributed by atoms with Crippen molar-refractivity contribution < 1.29 is 0 Å². The first-order valence-corrected chi connectivity index (χ1v) is 3.33. The van der Waals surface area contributed by atoms with Gasteiger partial charge in [0.1, 0.15) is 0 Å². The van der Waals surface area contributed by atoms with Crippen LogP contribution in [0, 0.1) is 0 Å². The molecule has 0 amide bonds. The molecule has 0 heterocycles. The van der Waals surface area contributed by atoms with Crippen molar-refractivity contribution in [3.05, 3.63) is 22.9 Å². The van der Waals surface area contributed by atoms with Crippen LogP contribution in [0.2, 0.25) is 0 Å². The smallest absolute Gasteiger partial charge is 0.0178 e. The largest absolute Gasteiger partial charge is 0.402 e. The zero-order chi connectivity index (χ0) is 7.28. The van der Waals surface area contributed by atoms with Gasteiger partial charge in [0.25, 0.3) is 0 Å². The lowest BCUT2D eigenvalue weighted by Gasteiger charge is -1.87. The van der Waals surface area contributed by atoms with Crippen LogP contribution < -0.4 is 5.73 Å². The highest BCUT2D eigenvalue weighted by Gasteiger charge is 1.81. The lowest BCUT2D eigenvalue weighted by atomic mass is 10.3. The Morgan fingerprint density at radius 2 is 2.11 bits per heavy atom. The molecule has 0 rings (SSSR count). The second-order valence-electron chi connectivity index (χ2n) is 1.88. The summed E-state index contributed by atoms with van der Waals surface area (Å²) in [7, 11) is 0. The van der Waals surface area contributed by atoms with Crippen LogP contribution in [0.3, 0.4) is 0 Å². The predicted octanol–water partition coefficient (Wildman–Crippen LogP) is 2.38. The van der Waals surface area contributed by atoms with E-state index in [1.807, 2.05) is 19.9 Å². The van der Waals surface area contributed by atoms with Crippen molar-refractivity contribution in [1.82, 2.24) is 0 Å². The van der Waals surface area contributed by atoms with Gasteiger partial charge in [0.05, 0.1) is 0 Å². The maximum atomic E-state index is 5.67. The number of hydrogen-bond donors (Lipinski definition) is 1. The highest BCUT2D eigenvalue weighted by molar-refractivity contribution is 6.29. The number of allylic oxidation sites excluding steroid dienone is 4. The quantitative estimate of drug-likeness (QED) is 0.594. The van der Waals surface area contributed by atoms with E-state index in [1.54, 1.807) is 6.08 Å². The molecule has 0 aliphatic heterocycles. The fourth-order valence-corrected chi connectivity index (χ4v) is 0.403. The monoisotopic (exact) mass is 145 g/mol. The zero-order valence-corrected chi connectivity index (χ0v) is 6.57. The summed E-state index contributed by atoms with van der Waals surface area (Å²) in [4.78, 5) is 0. The molecule has 0 bridgehead atoms. The second kappa shape index (κ2) is 4.45. The van der Waals surface area contributed by atoms with Crippen molar-refractivity contribution in [2.75, 3.05) is 0 Å². The predicted molar refractivity (Wildman–Crippen MR) is 42.2 cm³/mol. The average molecular weight is 146 g/mol. The Balaban J connectivity index is 3.83. The van der Waals surface area contributed by atoms with Gasteiger partial charge in [-0.3, -0.25) is 0 Å². The molecule has 0 atom stereocenters. The van der Waals surface area contributed by atoms with E-state index in [9.17, 15) is 0 Å². The SMILES string of the molecule is CC/C(Cl)=C\C=C(/C)N. The van der Waals surface area contributed by atoms with Gasteiger partial charge in [-0.25, -0.2) is 0 Å². The Bertz CT molecular complexity index is 132. The lowest BCUT2D eigenvalue weighted by Crippen LogP contribution is -1.87. The molecular weight excluding hydrogens is 134 g/mol. The molecule has 52 valence electrons. The summed E-state index contributed by atoms with van der Waals surface area (Å²) >= 11 is 5.67. The average Bonchev–Trinajstić information content (AvgIpc) is 1.83. The summed E-state index contributed by atoms with van der Waals surface area (Å²) in [5.41, 5.74) is 6.13. The molecule has 0 saturated carbocycles. The Kier molecular flexibility index (Phi) is 4.24. The molecule has 0 fully saturated rings. The molecule has 0 aromatic carbocycles. The Hall–Kier alpha value is -0.430. The van der Waals surface area contributed by atoms with Crippen molar-refractivity contribution in [3.63, 3.8) is 0 Å². The first-order valence-electron chi connectivity index (χ1n) is 2.95. The van der Waals surface area contributed by atoms with Crippen LogP contribution in [-0.4, -0.2) is 0 Å². The van der Waals surface area contributed by atoms with Gasteiger partial charge in [-0.15, -0.1) is 0 Å². The van der Waals surface area contributed by atoms with Crippen LogP contribution in [0.5, 0.6) is 0 Å². The van der Waals surface area contributed by atoms with Crippen molar-refractivity contribution in [3.8, 4) is 0 Å². The Labute approximate surface area is 61.2 Å². The van der Waals surface area contributed by atoms with E-state index in [0.29, 0.717) is 0 Å². The molecular formula is C7H12ClN. The minimum Gasteiger partial charge on any atom is -0.402 e. The molecule has 0 unspecified atom stereocenters. The van der Waals surface area contributed by atoms with Gasteiger partial charge in [0.2, 0.25) is 0 Å². The van der Waals surface area contributed by atoms with E-state index in [4.69, 9.17) is 17.3 Å². The van der Waals surface area contributed by atoms with E-state index in [1.165, 1.54) is 0 Å². The first kappa shape index (κ1) is 8.57. The van der Waals surface area contributed by atoms with Crippen molar-refractivity contribution in [2.45, 2.75) is 20.3 Å². The van der Waals surface area contributed by atoms with Gasteiger partial charge in [-0.1, -0.05) is 18.5 Å². The third-order valence-corrected chi connectivity index (χ3v) is 1.26. The van der Waals surface area contributed by atoms with Gasteiger partial charge >= 0.3 is 0 Å². The molecule has 9 heavy (non-hydrogen) atoms. The van der Waals surface area contributed by atoms with Crippen molar-refractivity contribution in [2.24, 2.45) is 5.73 Å². The van der Waals surface area contributed by atoms with E-state index in [0.717, 1.165) is 17.2 Å². The van der Waals surface area contributed by atoms with E-state index >= 15 is 0 Å². The number of hydrogen-bond acceptors (Lipinski definition) is 1. The normalized spacial score (nSPS) is 14.1. The molecule has 2 N–H and O–H groups in total. The number of halogens is 1. The third-order valence-electron chi connectivity index (χ3n) is 0.865. The second-order valence-corrected chi connectivity index (χ2v) is 2.36. The van der Waals surface area contributed by atoms with Gasteiger partial charge in [0, 0.05) is 10.7 Å². The van der Waals surface area contributed by atoms with E-state index in [2.05, 4.69) is 0 Å². The molecule has 0 spiro atoms. The Morgan fingerprint density at radius 3 is 2.44 bits per heavy atom. The zero-order valence-electron chi connectivity index (χ0n) is 5.82. The van der Waals surface area contributed by atoms with Gasteiger partial charge < -0.3 is 5.73 Å². The fraction of sp³-hybridized carbons (Fsp3) is 0.429. The lowest BCUT2D eigenvalue weighted by molar-refractivity contribution is 1.19. The highest BCUT2D eigenvalue weighted by atomic mass is 35.5. The fourth-order valence-electron chi connectivity index (χ4n) is 0.340. The summed E-state index contributed by atoms with van der Waals surface area (Å²) in [6, 6.07) is 0.